The molecule has 0 aromatic heterocycles. The molecule has 1 aliphatic heterocycles. The van der Waals surface area contributed by atoms with Crippen molar-refractivity contribution in [3.8, 4) is 0 Å². The number of alkyl halides is 3. The van der Waals surface area contributed by atoms with E-state index in [4.69, 9.17) is 5.73 Å². The second kappa shape index (κ2) is 5.80. The van der Waals surface area contributed by atoms with E-state index in [1.807, 2.05) is 0 Å². The zero-order valence-corrected chi connectivity index (χ0v) is 10.8. The fourth-order valence-corrected chi connectivity index (χ4v) is 2.27. The second-order valence-corrected chi connectivity index (χ2v) is 4.77. The molecule has 0 atom stereocenters. The standard InChI is InChI=1S/C13H16F3N3O/c14-13(15,16)11-7-9(1-2-10(11)12(17)20)8-19-5-3-18-4-6-19/h1-2,7,18H,3-6,8H2,(H2,17,20). The Hall–Kier alpha value is -1.60. The molecule has 1 saturated heterocycles. The average Bonchev–Trinajstić information content (AvgIpc) is 2.38. The zero-order chi connectivity index (χ0) is 14.8. The van der Waals surface area contributed by atoms with Crippen LogP contribution in [0, 0.1) is 0 Å². The minimum absolute atomic E-state index is 0.434. The minimum atomic E-state index is -4.58. The number of amides is 1. The van der Waals surface area contributed by atoms with E-state index in [9.17, 15) is 18.0 Å². The van der Waals surface area contributed by atoms with Gasteiger partial charge in [-0.15, -0.1) is 0 Å². The first-order valence-corrected chi connectivity index (χ1v) is 6.31. The summed E-state index contributed by atoms with van der Waals surface area (Å²) in [4.78, 5) is 13.1. The molecule has 0 radical (unpaired) electrons. The van der Waals surface area contributed by atoms with E-state index < -0.39 is 23.2 Å². The average molecular weight is 287 g/mol. The number of primary amides is 1. The molecule has 0 unspecified atom stereocenters. The van der Waals surface area contributed by atoms with Crippen molar-refractivity contribution in [2.45, 2.75) is 12.7 Å². The Labute approximate surface area is 114 Å². The van der Waals surface area contributed by atoms with Gasteiger partial charge in [-0.2, -0.15) is 13.2 Å². The van der Waals surface area contributed by atoms with Crippen LogP contribution >= 0.6 is 0 Å². The summed E-state index contributed by atoms with van der Waals surface area (Å²) in [5, 5.41) is 3.18. The summed E-state index contributed by atoms with van der Waals surface area (Å²) in [6, 6.07) is 3.70. The third-order valence-electron chi connectivity index (χ3n) is 3.27. The molecule has 0 spiro atoms. The molecule has 1 fully saturated rings. The fourth-order valence-electron chi connectivity index (χ4n) is 2.27. The van der Waals surface area contributed by atoms with Crippen LogP contribution in [0.3, 0.4) is 0 Å². The van der Waals surface area contributed by atoms with Crippen LogP contribution in [0.2, 0.25) is 0 Å². The highest BCUT2D eigenvalue weighted by Gasteiger charge is 2.35. The summed E-state index contributed by atoms with van der Waals surface area (Å²) in [5.41, 5.74) is 4.07. The monoisotopic (exact) mass is 287 g/mol. The number of piperazine rings is 1. The topological polar surface area (TPSA) is 58.4 Å². The number of hydrogen-bond acceptors (Lipinski definition) is 3. The van der Waals surface area contributed by atoms with Gasteiger partial charge in [0.1, 0.15) is 0 Å². The maximum atomic E-state index is 12.9. The quantitative estimate of drug-likeness (QED) is 0.878. The molecule has 20 heavy (non-hydrogen) atoms. The zero-order valence-electron chi connectivity index (χ0n) is 10.8. The number of nitrogens with two attached hydrogens (primary N) is 1. The fraction of sp³-hybridized carbons (Fsp3) is 0.462. The molecule has 3 N–H and O–H groups in total. The van der Waals surface area contributed by atoms with Gasteiger partial charge in [-0.05, 0) is 17.7 Å². The first-order valence-electron chi connectivity index (χ1n) is 6.31. The van der Waals surface area contributed by atoms with E-state index in [0.29, 0.717) is 12.1 Å². The molecular formula is C13H16F3N3O. The maximum absolute atomic E-state index is 12.9. The van der Waals surface area contributed by atoms with Crippen molar-refractivity contribution in [3.63, 3.8) is 0 Å². The van der Waals surface area contributed by atoms with Crippen LogP contribution in [-0.4, -0.2) is 37.0 Å². The van der Waals surface area contributed by atoms with Crippen molar-refractivity contribution >= 4 is 5.91 Å². The van der Waals surface area contributed by atoms with Gasteiger partial charge in [-0.25, -0.2) is 0 Å². The Balaban J connectivity index is 2.25. The minimum Gasteiger partial charge on any atom is -0.366 e. The van der Waals surface area contributed by atoms with Gasteiger partial charge in [0.15, 0.2) is 0 Å². The van der Waals surface area contributed by atoms with Crippen molar-refractivity contribution in [1.29, 1.82) is 0 Å². The Kier molecular flexibility index (Phi) is 4.29. The Morgan fingerprint density at radius 2 is 1.95 bits per heavy atom. The number of halogens is 3. The summed E-state index contributed by atoms with van der Waals surface area (Å²) in [6.45, 7) is 3.67. The molecule has 1 aromatic rings. The van der Waals surface area contributed by atoms with Crippen LogP contribution in [-0.2, 0) is 12.7 Å². The van der Waals surface area contributed by atoms with Crippen molar-refractivity contribution in [2.24, 2.45) is 5.73 Å². The van der Waals surface area contributed by atoms with Gasteiger partial charge in [-0.3, -0.25) is 9.69 Å². The van der Waals surface area contributed by atoms with Crippen LogP contribution in [0.15, 0.2) is 18.2 Å². The molecular weight excluding hydrogens is 271 g/mol. The largest absolute Gasteiger partial charge is 0.417 e. The lowest BCUT2D eigenvalue weighted by Crippen LogP contribution is -2.42. The van der Waals surface area contributed by atoms with E-state index in [1.165, 1.54) is 6.07 Å². The molecule has 7 heteroatoms. The number of carbonyl (C=O) groups is 1. The van der Waals surface area contributed by atoms with Gasteiger partial charge >= 0.3 is 6.18 Å². The number of nitrogens with one attached hydrogen (secondary N) is 1. The third-order valence-corrected chi connectivity index (χ3v) is 3.27. The molecule has 0 saturated carbocycles. The SMILES string of the molecule is NC(=O)c1ccc(CN2CCNCC2)cc1C(F)(F)F. The molecule has 1 amide bonds. The Morgan fingerprint density at radius 1 is 1.30 bits per heavy atom. The van der Waals surface area contributed by atoms with Crippen LogP contribution in [0.25, 0.3) is 0 Å². The van der Waals surface area contributed by atoms with E-state index in [2.05, 4.69) is 10.2 Å². The summed E-state index contributed by atoms with van der Waals surface area (Å²) >= 11 is 0. The lowest BCUT2D eigenvalue weighted by Gasteiger charge is -2.27. The van der Waals surface area contributed by atoms with E-state index in [-0.39, 0.29) is 0 Å². The maximum Gasteiger partial charge on any atom is 0.417 e. The number of hydrogen-bond donors (Lipinski definition) is 2. The highest BCUT2D eigenvalue weighted by molar-refractivity contribution is 5.94. The highest BCUT2D eigenvalue weighted by atomic mass is 19.4. The van der Waals surface area contributed by atoms with E-state index in [1.54, 1.807) is 0 Å². The number of rotatable bonds is 3. The molecule has 0 bridgehead atoms. The normalized spacial score (nSPS) is 17.1. The summed E-state index contributed by atoms with van der Waals surface area (Å²) in [5.74, 6) is -1.06. The van der Waals surface area contributed by atoms with Gasteiger partial charge in [0.25, 0.3) is 0 Å². The third kappa shape index (κ3) is 3.49. The molecule has 2 rings (SSSR count). The lowest BCUT2D eigenvalue weighted by molar-refractivity contribution is -0.138. The van der Waals surface area contributed by atoms with Gasteiger partial charge in [0, 0.05) is 32.7 Å². The predicted molar refractivity (Wildman–Crippen MR) is 68.1 cm³/mol. The highest BCUT2D eigenvalue weighted by Crippen LogP contribution is 2.32. The Bertz CT molecular complexity index is 496. The molecule has 4 nitrogen and oxygen atoms in total. The predicted octanol–water partition coefficient (Wildman–Crippen LogP) is 1.21. The summed E-state index contributed by atoms with van der Waals surface area (Å²) in [7, 11) is 0. The Morgan fingerprint density at radius 3 is 2.50 bits per heavy atom. The smallest absolute Gasteiger partial charge is 0.366 e. The van der Waals surface area contributed by atoms with Crippen LogP contribution in [0.5, 0.6) is 0 Å². The molecule has 0 aliphatic carbocycles. The number of carbonyl (C=O) groups excluding carboxylic acids is 1. The van der Waals surface area contributed by atoms with Crippen molar-refractivity contribution < 1.29 is 18.0 Å². The van der Waals surface area contributed by atoms with Crippen LogP contribution in [0.4, 0.5) is 13.2 Å². The van der Waals surface area contributed by atoms with Crippen LogP contribution in [0.1, 0.15) is 21.5 Å². The van der Waals surface area contributed by atoms with Gasteiger partial charge in [0.05, 0.1) is 11.1 Å². The summed E-state index contributed by atoms with van der Waals surface area (Å²) in [6.07, 6.45) is -4.58. The van der Waals surface area contributed by atoms with E-state index in [0.717, 1.165) is 38.3 Å². The molecule has 1 aromatic carbocycles. The molecule has 110 valence electrons. The van der Waals surface area contributed by atoms with Crippen molar-refractivity contribution in [3.05, 3.63) is 34.9 Å². The number of benzene rings is 1. The van der Waals surface area contributed by atoms with Gasteiger partial charge < -0.3 is 11.1 Å². The second-order valence-electron chi connectivity index (χ2n) is 4.77. The lowest BCUT2D eigenvalue weighted by atomic mass is 10.0. The molecule has 1 heterocycles. The summed E-state index contributed by atoms with van der Waals surface area (Å²) < 4.78 is 38.8. The van der Waals surface area contributed by atoms with Gasteiger partial charge in [0.2, 0.25) is 5.91 Å². The van der Waals surface area contributed by atoms with Gasteiger partial charge in [-0.1, -0.05) is 6.07 Å². The van der Waals surface area contributed by atoms with Crippen LogP contribution < -0.4 is 11.1 Å². The first-order chi connectivity index (χ1) is 9.38. The van der Waals surface area contributed by atoms with Crippen molar-refractivity contribution in [1.82, 2.24) is 10.2 Å². The van der Waals surface area contributed by atoms with Crippen molar-refractivity contribution in [2.75, 3.05) is 26.2 Å². The number of nitrogens with zero attached hydrogens (tertiary/aromatic N) is 1. The van der Waals surface area contributed by atoms with E-state index >= 15 is 0 Å². The molecule has 1 aliphatic rings. The first kappa shape index (κ1) is 14.8.